The first-order valence-corrected chi connectivity index (χ1v) is 8.59. The lowest BCUT2D eigenvalue weighted by atomic mass is 10.2. The van der Waals surface area contributed by atoms with E-state index >= 15 is 0 Å². The smallest absolute Gasteiger partial charge is 0.237 e. The van der Waals surface area contributed by atoms with Crippen LogP contribution in [0.1, 0.15) is 36.9 Å². The van der Waals surface area contributed by atoms with Crippen molar-refractivity contribution in [1.82, 2.24) is 4.98 Å². The number of nitrogens with one attached hydrogen (secondary N) is 1. The van der Waals surface area contributed by atoms with E-state index in [-0.39, 0.29) is 5.91 Å². The monoisotopic (exact) mass is 341 g/mol. The maximum Gasteiger partial charge on any atom is 0.237 e. The molecule has 0 aliphatic heterocycles. The molecular formula is C18H16FN3OS. The van der Waals surface area contributed by atoms with E-state index in [1.165, 1.54) is 30.0 Å². The minimum Gasteiger partial charge on any atom is -0.325 e. The van der Waals surface area contributed by atoms with E-state index in [1.54, 1.807) is 19.1 Å². The Bertz CT molecular complexity index is 814. The quantitative estimate of drug-likeness (QED) is 0.832. The van der Waals surface area contributed by atoms with E-state index in [9.17, 15) is 14.4 Å². The van der Waals surface area contributed by atoms with Crippen molar-refractivity contribution >= 4 is 23.4 Å². The lowest BCUT2D eigenvalue weighted by Crippen LogP contribution is -2.22. The molecule has 4 nitrogen and oxygen atoms in total. The highest BCUT2D eigenvalue weighted by Gasteiger charge is 2.26. The summed E-state index contributed by atoms with van der Waals surface area (Å²) in [6, 6.07) is 11.5. The summed E-state index contributed by atoms with van der Waals surface area (Å²) in [5.41, 5.74) is 1.86. The molecule has 6 heteroatoms. The lowest BCUT2D eigenvalue weighted by Gasteiger charge is -2.13. The van der Waals surface area contributed by atoms with Crippen LogP contribution in [0.2, 0.25) is 0 Å². The van der Waals surface area contributed by atoms with Crippen molar-refractivity contribution in [2.24, 2.45) is 0 Å². The van der Waals surface area contributed by atoms with Gasteiger partial charge in [-0.25, -0.2) is 9.37 Å². The molecule has 1 aromatic carbocycles. The van der Waals surface area contributed by atoms with E-state index in [4.69, 9.17) is 0 Å². The van der Waals surface area contributed by atoms with Gasteiger partial charge in [0, 0.05) is 17.3 Å². The molecule has 0 saturated heterocycles. The Morgan fingerprint density at radius 3 is 2.88 bits per heavy atom. The van der Waals surface area contributed by atoms with Crippen molar-refractivity contribution in [1.29, 1.82) is 5.26 Å². The zero-order chi connectivity index (χ0) is 17.1. The van der Waals surface area contributed by atoms with Gasteiger partial charge in [-0.3, -0.25) is 4.79 Å². The fourth-order valence-electron chi connectivity index (χ4n) is 2.27. The Kier molecular flexibility index (Phi) is 4.81. The number of pyridine rings is 1. The zero-order valence-corrected chi connectivity index (χ0v) is 13.9. The molecule has 1 heterocycles. The van der Waals surface area contributed by atoms with Crippen LogP contribution in [0.15, 0.2) is 41.4 Å². The number of amides is 1. The molecule has 3 rings (SSSR count). The van der Waals surface area contributed by atoms with Crippen molar-refractivity contribution in [3.05, 3.63) is 53.5 Å². The highest BCUT2D eigenvalue weighted by molar-refractivity contribution is 8.00. The predicted octanol–water partition coefficient (Wildman–Crippen LogP) is 4.09. The molecule has 24 heavy (non-hydrogen) atoms. The highest BCUT2D eigenvalue weighted by atomic mass is 32.2. The largest absolute Gasteiger partial charge is 0.325 e. The molecule has 1 aliphatic rings. The molecule has 1 amide bonds. The number of carbonyl (C=O) groups is 1. The van der Waals surface area contributed by atoms with Crippen LogP contribution in [0.5, 0.6) is 0 Å². The number of thioether (sulfide) groups is 1. The first-order chi connectivity index (χ1) is 11.6. The number of benzene rings is 1. The zero-order valence-electron chi connectivity index (χ0n) is 13.1. The Labute approximate surface area is 144 Å². The second-order valence-electron chi connectivity index (χ2n) is 5.73. The number of anilines is 1. The molecule has 1 saturated carbocycles. The second-order valence-corrected chi connectivity index (χ2v) is 7.06. The van der Waals surface area contributed by atoms with Gasteiger partial charge in [0.05, 0.1) is 10.8 Å². The van der Waals surface area contributed by atoms with Crippen LogP contribution in [-0.2, 0) is 4.79 Å². The summed E-state index contributed by atoms with van der Waals surface area (Å²) in [4.78, 5) is 16.8. The molecule has 0 radical (unpaired) electrons. The third-order valence-corrected chi connectivity index (χ3v) is 4.85. The average Bonchev–Trinajstić information content (AvgIpc) is 3.39. The standard InChI is InChI=1S/C18H16FN3OS/c1-11(17(23)21-15-4-2-3-14(19)9-15)24-18-13(10-20)7-8-16(22-18)12-5-6-12/h2-4,7-9,11-12H,5-6H2,1H3,(H,21,23). The first kappa shape index (κ1) is 16.5. The Morgan fingerprint density at radius 1 is 1.42 bits per heavy atom. The third kappa shape index (κ3) is 3.92. The number of halogens is 1. The van der Waals surface area contributed by atoms with Gasteiger partial charge in [-0.2, -0.15) is 5.26 Å². The number of nitriles is 1. The van der Waals surface area contributed by atoms with Crippen LogP contribution in [0.25, 0.3) is 0 Å². The van der Waals surface area contributed by atoms with Crippen molar-refractivity contribution in [2.45, 2.75) is 36.0 Å². The van der Waals surface area contributed by atoms with Gasteiger partial charge in [0.15, 0.2) is 0 Å². The van der Waals surface area contributed by atoms with Crippen molar-refractivity contribution in [3.63, 3.8) is 0 Å². The normalized spacial score (nSPS) is 14.7. The molecule has 0 spiro atoms. The summed E-state index contributed by atoms with van der Waals surface area (Å²) in [6.07, 6.45) is 2.25. The van der Waals surface area contributed by atoms with Crippen LogP contribution in [0, 0.1) is 17.1 Å². The molecule has 122 valence electrons. The topological polar surface area (TPSA) is 65.8 Å². The molecular weight excluding hydrogens is 325 g/mol. The summed E-state index contributed by atoms with van der Waals surface area (Å²) in [6.45, 7) is 1.74. The Balaban J connectivity index is 1.71. The summed E-state index contributed by atoms with van der Waals surface area (Å²) < 4.78 is 13.2. The Hall–Kier alpha value is -2.39. The maximum atomic E-state index is 13.2. The average molecular weight is 341 g/mol. The molecule has 1 atom stereocenters. The number of hydrogen-bond donors (Lipinski definition) is 1. The number of hydrogen-bond acceptors (Lipinski definition) is 4. The molecule has 1 aromatic heterocycles. The minimum absolute atomic E-state index is 0.256. The van der Waals surface area contributed by atoms with Gasteiger partial charge in [-0.15, -0.1) is 0 Å². The number of aromatic nitrogens is 1. The maximum absolute atomic E-state index is 13.2. The Morgan fingerprint density at radius 2 is 2.21 bits per heavy atom. The van der Waals surface area contributed by atoms with Gasteiger partial charge < -0.3 is 5.32 Å². The number of nitrogens with zero attached hydrogens (tertiary/aromatic N) is 2. The highest BCUT2D eigenvalue weighted by Crippen LogP contribution is 2.40. The first-order valence-electron chi connectivity index (χ1n) is 7.71. The lowest BCUT2D eigenvalue weighted by molar-refractivity contribution is -0.115. The molecule has 0 bridgehead atoms. The van der Waals surface area contributed by atoms with Crippen LogP contribution >= 0.6 is 11.8 Å². The van der Waals surface area contributed by atoms with Gasteiger partial charge in [0.25, 0.3) is 0 Å². The second kappa shape index (κ2) is 7.02. The fourth-order valence-corrected chi connectivity index (χ4v) is 3.17. The number of rotatable bonds is 5. The fraction of sp³-hybridized carbons (Fsp3) is 0.278. The van der Waals surface area contributed by atoms with Crippen LogP contribution in [0.4, 0.5) is 10.1 Å². The third-order valence-electron chi connectivity index (χ3n) is 3.75. The van der Waals surface area contributed by atoms with E-state index in [2.05, 4.69) is 16.4 Å². The molecule has 1 aliphatic carbocycles. The summed E-state index contributed by atoms with van der Waals surface area (Å²) in [5.74, 6) is -0.180. The van der Waals surface area contributed by atoms with E-state index in [0.29, 0.717) is 22.2 Å². The predicted molar refractivity (Wildman–Crippen MR) is 91.3 cm³/mol. The van der Waals surface area contributed by atoms with Crippen LogP contribution in [0.3, 0.4) is 0 Å². The molecule has 1 unspecified atom stereocenters. The molecule has 1 N–H and O–H groups in total. The number of carbonyl (C=O) groups excluding carboxylic acids is 1. The van der Waals surface area contributed by atoms with Gasteiger partial charge in [-0.05, 0) is 50.1 Å². The molecule has 1 fully saturated rings. The van der Waals surface area contributed by atoms with Crippen LogP contribution in [-0.4, -0.2) is 16.1 Å². The summed E-state index contributed by atoms with van der Waals surface area (Å²) in [5, 5.41) is 12.0. The van der Waals surface area contributed by atoms with Crippen LogP contribution < -0.4 is 5.32 Å². The SMILES string of the molecule is CC(Sc1nc(C2CC2)ccc1C#N)C(=O)Nc1cccc(F)c1. The summed E-state index contributed by atoms with van der Waals surface area (Å²) in [7, 11) is 0. The van der Waals surface area contributed by atoms with Crippen molar-refractivity contribution in [3.8, 4) is 6.07 Å². The van der Waals surface area contributed by atoms with Gasteiger partial charge in [0.2, 0.25) is 5.91 Å². The molecule has 2 aromatic rings. The van der Waals surface area contributed by atoms with E-state index < -0.39 is 11.1 Å². The van der Waals surface area contributed by atoms with Gasteiger partial charge in [-0.1, -0.05) is 17.8 Å². The van der Waals surface area contributed by atoms with Gasteiger partial charge in [0.1, 0.15) is 16.9 Å². The van der Waals surface area contributed by atoms with Gasteiger partial charge >= 0.3 is 0 Å². The minimum atomic E-state index is -0.456. The van der Waals surface area contributed by atoms with E-state index in [0.717, 1.165) is 18.5 Å². The summed E-state index contributed by atoms with van der Waals surface area (Å²) >= 11 is 1.25. The van der Waals surface area contributed by atoms with E-state index in [1.807, 2.05) is 6.07 Å². The van der Waals surface area contributed by atoms with Crippen molar-refractivity contribution < 1.29 is 9.18 Å². The van der Waals surface area contributed by atoms with Crippen molar-refractivity contribution in [2.75, 3.05) is 5.32 Å².